The molecule has 2 fully saturated rings. The number of likely N-dealkylation sites (tertiary alicyclic amines) is 1. The number of carbonyl (C=O) groups excluding carboxylic acids is 2. The van der Waals surface area contributed by atoms with Crippen molar-refractivity contribution in [2.24, 2.45) is 11.7 Å². The second-order valence-corrected chi connectivity index (χ2v) is 6.89. The predicted molar refractivity (Wildman–Crippen MR) is 93.8 cm³/mol. The zero-order valence-corrected chi connectivity index (χ0v) is 14.4. The molecule has 136 valence electrons. The second kappa shape index (κ2) is 7.74. The highest BCUT2D eigenvalue weighted by atomic mass is 16.3. The molecule has 0 radical (unpaired) electrons. The summed E-state index contributed by atoms with van der Waals surface area (Å²) < 4.78 is 0. The summed E-state index contributed by atoms with van der Waals surface area (Å²) in [6.45, 7) is 4.89. The monoisotopic (exact) mass is 346 g/mol. The predicted octanol–water partition coefficient (Wildman–Crippen LogP) is 0.827. The highest BCUT2D eigenvalue weighted by Gasteiger charge is 2.31. The van der Waals surface area contributed by atoms with Crippen molar-refractivity contribution >= 4 is 11.9 Å². The molecule has 0 saturated carbocycles. The molecule has 1 aromatic carbocycles. The molecule has 7 nitrogen and oxygen atoms in total. The highest BCUT2D eigenvalue weighted by molar-refractivity contribution is 5.80. The van der Waals surface area contributed by atoms with Gasteiger partial charge in [-0.3, -0.25) is 9.69 Å². The summed E-state index contributed by atoms with van der Waals surface area (Å²) in [6.07, 6.45) is 1.66. The summed E-state index contributed by atoms with van der Waals surface area (Å²) in [5.41, 5.74) is 6.42. The van der Waals surface area contributed by atoms with Crippen LogP contribution in [-0.4, -0.2) is 71.0 Å². The van der Waals surface area contributed by atoms with Gasteiger partial charge >= 0.3 is 6.03 Å². The molecule has 2 aliphatic rings. The van der Waals surface area contributed by atoms with Crippen molar-refractivity contribution in [2.75, 3.05) is 39.3 Å². The van der Waals surface area contributed by atoms with Crippen LogP contribution in [-0.2, 0) is 11.3 Å². The normalized spacial score (nSPS) is 22.0. The van der Waals surface area contributed by atoms with Gasteiger partial charge in [0, 0.05) is 45.8 Å². The molecular formula is C18H26N4O3. The number of benzene rings is 1. The first kappa shape index (κ1) is 17.5. The second-order valence-electron chi connectivity index (χ2n) is 6.89. The average Bonchev–Trinajstić information content (AvgIpc) is 2.62. The van der Waals surface area contributed by atoms with Crippen LogP contribution in [0.2, 0.25) is 0 Å². The number of rotatable bonds is 3. The molecule has 1 aromatic rings. The topological polar surface area (TPSA) is 90.1 Å². The number of hydrogen-bond donors (Lipinski definition) is 2. The number of hydrogen-bond acceptors (Lipinski definition) is 4. The Morgan fingerprint density at radius 1 is 1.12 bits per heavy atom. The molecule has 2 saturated heterocycles. The van der Waals surface area contributed by atoms with Gasteiger partial charge in [-0.25, -0.2) is 4.79 Å². The van der Waals surface area contributed by atoms with E-state index in [0.29, 0.717) is 26.2 Å². The molecule has 7 heteroatoms. The summed E-state index contributed by atoms with van der Waals surface area (Å²) >= 11 is 0. The molecule has 25 heavy (non-hydrogen) atoms. The highest BCUT2D eigenvalue weighted by Crippen LogP contribution is 2.20. The molecular weight excluding hydrogens is 320 g/mol. The maximum atomic E-state index is 12.7. The molecule has 2 heterocycles. The van der Waals surface area contributed by atoms with Crippen LogP contribution in [0.4, 0.5) is 4.79 Å². The van der Waals surface area contributed by atoms with Gasteiger partial charge in [0.2, 0.25) is 5.91 Å². The first-order valence-electron chi connectivity index (χ1n) is 8.86. The minimum atomic E-state index is -0.437. The molecule has 0 unspecified atom stereocenters. The Bertz CT molecular complexity index is 629. The van der Waals surface area contributed by atoms with E-state index < -0.39 is 6.03 Å². The molecule has 0 bridgehead atoms. The Hall–Kier alpha value is -2.28. The Labute approximate surface area is 148 Å². The lowest BCUT2D eigenvalue weighted by Gasteiger charge is -2.38. The number of urea groups is 1. The number of piperidine rings is 1. The van der Waals surface area contributed by atoms with Crippen molar-refractivity contribution in [1.29, 1.82) is 0 Å². The van der Waals surface area contributed by atoms with Gasteiger partial charge in [-0.05, 0) is 30.5 Å². The standard InChI is InChI=1S/C18H26N4O3/c19-18(25)22-6-2-4-15(13-22)17(24)21-9-7-20(8-10-21)12-14-3-1-5-16(23)11-14/h1,3,5,11,15,23H,2,4,6-10,12-13H2,(H2,19,25)/t15-/m1/s1. The molecule has 0 aromatic heterocycles. The maximum Gasteiger partial charge on any atom is 0.314 e. The van der Waals surface area contributed by atoms with Crippen LogP contribution in [0.5, 0.6) is 5.75 Å². The lowest BCUT2D eigenvalue weighted by molar-refractivity contribution is -0.138. The third-order valence-electron chi connectivity index (χ3n) is 5.08. The third kappa shape index (κ3) is 4.42. The van der Waals surface area contributed by atoms with Crippen molar-refractivity contribution in [1.82, 2.24) is 14.7 Å². The SMILES string of the molecule is NC(=O)N1CCC[C@@H](C(=O)N2CCN(Cc3cccc(O)c3)CC2)C1. The van der Waals surface area contributed by atoms with Crippen LogP contribution in [0, 0.1) is 5.92 Å². The van der Waals surface area contributed by atoms with Crippen molar-refractivity contribution in [2.45, 2.75) is 19.4 Å². The van der Waals surface area contributed by atoms with E-state index in [1.165, 1.54) is 0 Å². The van der Waals surface area contributed by atoms with Gasteiger partial charge in [0.05, 0.1) is 5.92 Å². The van der Waals surface area contributed by atoms with Crippen LogP contribution in [0.1, 0.15) is 18.4 Å². The van der Waals surface area contributed by atoms with E-state index in [2.05, 4.69) is 4.90 Å². The van der Waals surface area contributed by atoms with E-state index in [1.807, 2.05) is 17.0 Å². The van der Waals surface area contributed by atoms with Crippen molar-refractivity contribution in [3.8, 4) is 5.75 Å². The third-order valence-corrected chi connectivity index (χ3v) is 5.08. The molecule has 0 spiro atoms. The Balaban J connectivity index is 1.50. The summed E-state index contributed by atoms with van der Waals surface area (Å²) in [5, 5.41) is 9.55. The van der Waals surface area contributed by atoms with E-state index in [4.69, 9.17) is 5.73 Å². The number of nitrogens with two attached hydrogens (primary N) is 1. The zero-order valence-electron chi connectivity index (χ0n) is 14.4. The Morgan fingerprint density at radius 2 is 1.88 bits per heavy atom. The van der Waals surface area contributed by atoms with E-state index >= 15 is 0 Å². The minimum absolute atomic E-state index is 0.126. The number of phenols is 1. The number of amides is 3. The molecule has 2 aliphatic heterocycles. The lowest BCUT2D eigenvalue weighted by atomic mass is 9.96. The van der Waals surface area contributed by atoms with Crippen LogP contribution in [0.25, 0.3) is 0 Å². The van der Waals surface area contributed by atoms with Gasteiger partial charge in [-0.15, -0.1) is 0 Å². The van der Waals surface area contributed by atoms with Crippen LogP contribution < -0.4 is 5.73 Å². The number of aromatic hydroxyl groups is 1. The van der Waals surface area contributed by atoms with E-state index in [1.54, 1.807) is 17.0 Å². The Kier molecular flexibility index (Phi) is 5.43. The number of carbonyl (C=O) groups is 2. The molecule has 3 N–H and O–H groups in total. The quantitative estimate of drug-likeness (QED) is 0.848. The van der Waals surface area contributed by atoms with Gasteiger partial charge in [0.25, 0.3) is 0 Å². The number of primary amides is 1. The molecule has 1 atom stereocenters. The van der Waals surface area contributed by atoms with Gasteiger partial charge in [0.1, 0.15) is 5.75 Å². The van der Waals surface area contributed by atoms with Gasteiger partial charge < -0.3 is 20.6 Å². The average molecular weight is 346 g/mol. The number of phenolic OH excluding ortho intramolecular Hbond substituents is 1. The van der Waals surface area contributed by atoms with Crippen LogP contribution in [0.15, 0.2) is 24.3 Å². The van der Waals surface area contributed by atoms with E-state index in [0.717, 1.165) is 38.0 Å². The first-order chi connectivity index (χ1) is 12.0. The fraction of sp³-hybridized carbons (Fsp3) is 0.556. The fourth-order valence-electron chi connectivity index (χ4n) is 3.68. The molecule has 3 rings (SSSR count). The van der Waals surface area contributed by atoms with Crippen LogP contribution >= 0.6 is 0 Å². The minimum Gasteiger partial charge on any atom is -0.508 e. The summed E-state index contributed by atoms with van der Waals surface area (Å²) in [6, 6.07) is 6.85. The first-order valence-corrected chi connectivity index (χ1v) is 8.86. The van der Waals surface area contributed by atoms with Gasteiger partial charge in [-0.2, -0.15) is 0 Å². The molecule has 3 amide bonds. The summed E-state index contributed by atoms with van der Waals surface area (Å²) in [5.74, 6) is 0.296. The summed E-state index contributed by atoms with van der Waals surface area (Å²) in [4.78, 5) is 29.8. The van der Waals surface area contributed by atoms with Crippen molar-refractivity contribution in [3.63, 3.8) is 0 Å². The van der Waals surface area contributed by atoms with Gasteiger partial charge in [-0.1, -0.05) is 12.1 Å². The maximum absolute atomic E-state index is 12.7. The zero-order chi connectivity index (χ0) is 17.8. The van der Waals surface area contributed by atoms with E-state index in [-0.39, 0.29) is 17.6 Å². The number of nitrogens with zero attached hydrogens (tertiary/aromatic N) is 3. The smallest absolute Gasteiger partial charge is 0.314 e. The molecule has 0 aliphatic carbocycles. The van der Waals surface area contributed by atoms with Crippen LogP contribution in [0.3, 0.4) is 0 Å². The fourth-order valence-corrected chi connectivity index (χ4v) is 3.68. The number of piperazine rings is 1. The van der Waals surface area contributed by atoms with E-state index in [9.17, 15) is 14.7 Å². The van der Waals surface area contributed by atoms with Crippen molar-refractivity contribution in [3.05, 3.63) is 29.8 Å². The Morgan fingerprint density at radius 3 is 2.56 bits per heavy atom. The largest absolute Gasteiger partial charge is 0.508 e. The van der Waals surface area contributed by atoms with Gasteiger partial charge in [0.15, 0.2) is 0 Å². The summed E-state index contributed by atoms with van der Waals surface area (Å²) in [7, 11) is 0. The van der Waals surface area contributed by atoms with Crippen molar-refractivity contribution < 1.29 is 14.7 Å². The lowest BCUT2D eigenvalue weighted by Crippen LogP contribution is -2.53.